The van der Waals surface area contributed by atoms with E-state index in [-0.39, 0.29) is 17.8 Å². The molecule has 1 aliphatic heterocycles. The number of carbonyl (C=O) groups is 1. The summed E-state index contributed by atoms with van der Waals surface area (Å²) < 4.78 is 13.6. The van der Waals surface area contributed by atoms with Crippen LogP contribution in [0.4, 0.5) is 10.2 Å². The third-order valence-electron chi connectivity index (χ3n) is 5.08. The van der Waals surface area contributed by atoms with Crippen LogP contribution < -0.4 is 16.4 Å². The summed E-state index contributed by atoms with van der Waals surface area (Å²) >= 11 is 0. The van der Waals surface area contributed by atoms with Crippen LogP contribution in [-0.2, 0) is 0 Å². The fourth-order valence-corrected chi connectivity index (χ4v) is 3.66. The first-order valence-corrected chi connectivity index (χ1v) is 8.81. The molecule has 1 fully saturated rings. The van der Waals surface area contributed by atoms with E-state index in [0.29, 0.717) is 22.5 Å². The average molecular weight is 365 g/mol. The Morgan fingerprint density at radius 1 is 1.26 bits per heavy atom. The minimum Gasteiger partial charge on any atom is -0.366 e. The van der Waals surface area contributed by atoms with Gasteiger partial charge in [0.05, 0.1) is 11.1 Å². The number of fused-ring (bicyclic) bond motifs is 1. The van der Waals surface area contributed by atoms with Gasteiger partial charge >= 0.3 is 0 Å². The minimum atomic E-state index is -0.521. The molecule has 7 heteroatoms. The van der Waals surface area contributed by atoms with Gasteiger partial charge in [-0.2, -0.15) is 0 Å². The number of carbonyl (C=O) groups excluding carboxylic acids is 1. The lowest BCUT2D eigenvalue weighted by molar-refractivity contribution is 0.100. The molecule has 27 heavy (non-hydrogen) atoms. The summed E-state index contributed by atoms with van der Waals surface area (Å²) in [5, 5.41) is 7.60. The second-order valence-electron chi connectivity index (χ2n) is 6.81. The van der Waals surface area contributed by atoms with E-state index < -0.39 is 5.91 Å². The molecule has 0 radical (unpaired) electrons. The third-order valence-corrected chi connectivity index (χ3v) is 5.08. The molecule has 138 valence electrons. The summed E-state index contributed by atoms with van der Waals surface area (Å²) in [7, 11) is 0. The molecule has 1 aromatic heterocycles. The molecule has 1 amide bonds. The van der Waals surface area contributed by atoms with Crippen LogP contribution in [-0.4, -0.2) is 35.0 Å². The van der Waals surface area contributed by atoms with Gasteiger partial charge < -0.3 is 16.4 Å². The van der Waals surface area contributed by atoms with Gasteiger partial charge in [-0.25, -0.2) is 14.4 Å². The number of aryl methyl sites for hydroxylation is 1. The van der Waals surface area contributed by atoms with Crippen LogP contribution in [0, 0.1) is 12.7 Å². The Bertz CT molecular complexity index is 1020. The quantitative estimate of drug-likeness (QED) is 0.660. The van der Waals surface area contributed by atoms with E-state index in [2.05, 4.69) is 20.6 Å². The maximum atomic E-state index is 13.6. The van der Waals surface area contributed by atoms with Crippen molar-refractivity contribution in [2.75, 3.05) is 18.4 Å². The first kappa shape index (κ1) is 17.4. The van der Waals surface area contributed by atoms with Crippen molar-refractivity contribution in [3.63, 3.8) is 0 Å². The van der Waals surface area contributed by atoms with E-state index in [1.807, 2.05) is 18.2 Å². The molecule has 4 N–H and O–H groups in total. The summed E-state index contributed by atoms with van der Waals surface area (Å²) in [4.78, 5) is 20.3. The fraction of sp³-hybridized carbons (Fsp3) is 0.250. The number of aromatic nitrogens is 2. The van der Waals surface area contributed by atoms with Gasteiger partial charge in [-0.1, -0.05) is 18.2 Å². The zero-order valence-corrected chi connectivity index (χ0v) is 14.9. The van der Waals surface area contributed by atoms with Crippen LogP contribution in [0.2, 0.25) is 0 Å². The molecule has 2 heterocycles. The summed E-state index contributed by atoms with van der Waals surface area (Å²) in [6.45, 7) is 3.31. The van der Waals surface area contributed by atoms with Gasteiger partial charge in [-0.3, -0.25) is 4.79 Å². The van der Waals surface area contributed by atoms with Gasteiger partial charge in [-0.05, 0) is 36.2 Å². The minimum absolute atomic E-state index is 0.0743. The highest BCUT2D eigenvalue weighted by molar-refractivity contribution is 6.06. The number of hydrogen-bond donors (Lipinski definition) is 3. The van der Waals surface area contributed by atoms with Crippen LogP contribution in [0.1, 0.15) is 27.4 Å². The molecule has 0 saturated carbocycles. The van der Waals surface area contributed by atoms with Gasteiger partial charge in [-0.15, -0.1) is 0 Å². The van der Waals surface area contributed by atoms with E-state index in [1.165, 1.54) is 12.4 Å². The number of amides is 1. The number of para-hydroxylation sites is 1. The van der Waals surface area contributed by atoms with Crippen molar-refractivity contribution in [1.29, 1.82) is 0 Å². The van der Waals surface area contributed by atoms with Crippen LogP contribution in [0.5, 0.6) is 0 Å². The molecule has 2 atom stereocenters. The first-order chi connectivity index (χ1) is 13.0. The van der Waals surface area contributed by atoms with Crippen molar-refractivity contribution >= 4 is 22.6 Å². The first-order valence-electron chi connectivity index (χ1n) is 8.81. The Morgan fingerprint density at radius 3 is 2.89 bits per heavy atom. The Kier molecular flexibility index (Phi) is 4.45. The normalized spacial score (nSPS) is 19.3. The average Bonchev–Trinajstić information content (AvgIpc) is 3.12. The van der Waals surface area contributed by atoms with Gasteiger partial charge in [0.15, 0.2) is 0 Å². The van der Waals surface area contributed by atoms with Gasteiger partial charge in [0.1, 0.15) is 18.0 Å². The van der Waals surface area contributed by atoms with Crippen LogP contribution >= 0.6 is 0 Å². The molecule has 2 aromatic carbocycles. The van der Waals surface area contributed by atoms with Crippen molar-refractivity contribution in [3.8, 4) is 0 Å². The van der Waals surface area contributed by atoms with E-state index in [4.69, 9.17) is 5.73 Å². The topological polar surface area (TPSA) is 92.9 Å². The van der Waals surface area contributed by atoms with E-state index >= 15 is 0 Å². The van der Waals surface area contributed by atoms with Gasteiger partial charge in [0.25, 0.3) is 5.91 Å². The maximum absolute atomic E-state index is 13.6. The number of anilines is 1. The lowest BCUT2D eigenvalue weighted by Crippen LogP contribution is -2.28. The molecule has 1 saturated heterocycles. The predicted molar refractivity (Wildman–Crippen MR) is 102 cm³/mol. The van der Waals surface area contributed by atoms with Crippen LogP contribution in [0.15, 0.2) is 42.7 Å². The van der Waals surface area contributed by atoms with E-state index in [1.54, 1.807) is 19.1 Å². The Labute approximate surface area is 156 Å². The van der Waals surface area contributed by atoms with Crippen molar-refractivity contribution in [2.24, 2.45) is 5.73 Å². The van der Waals surface area contributed by atoms with Crippen molar-refractivity contribution in [2.45, 2.75) is 18.9 Å². The summed E-state index contributed by atoms with van der Waals surface area (Å²) in [6.07, 6.45) is 1.43. The lowest BCUT2D eigenvalue weighted by Gasteiger charge is -2.22. The molecule has 0 unspecified atom stereocenters. The molecule has 0 aliphatic carbocycles. The maximum Gasteiger partial charge on any atom is 0.250 e. The molecule has 0 bridgehead atoms. The highest BCUT2D eigenvalue weighted by atomic mass is 19.1. The monoisotopic (exact) mass is 365 g/mol. The lowest BCUT2D eigenvalue weighted by atomic mass is 9.93. The molecule has 4 rings (SSSR count). The molecular formula is C20H20FN5O. The smallest absolute Gasteiger partial charge is 0.250 e. The van der Waals surface area contributed by atoms with E-state index in [9.17, 15) is 9.18 Å². The predicted octanol–water partition coefficient (Wildman–Crippen LogP) is 2.34. The number of nitrogens with one attached hydrogen (secondary N) is 2. The number of halogens is 1. The summed E-state index contributed by atoms with van der Waals surface area (Å²) in [6, 6.07) is 10.6. The third kappa shape index (κ3) is 3.21. The Balaban J connectivity index is 1.68. The number of benzene rings is 2. The van der Waals surface area contributed by atoms with Crippen LogP contribution in [0.3, 0.4) is 0 Å². The van der Waals surface area contributed by atoms with E-state index in [0.717, 1.165) is 24.0 Å². The van der Waals surface area contributed by atoms with Crippen molar-refractivity contribution in [1.82, 2.24) is 15.3 Å². The fourth-order valence-electron chi connectivity index (χ4n) is 3.66. The highest BCUT2D eigenvalue weighted by Crippen LogP contribution is 2.29. The number of hydrogen-bond acceptors (Lipinski definition) is 5. The number of nitrogens with two attached hydrogens (primary N) is 1. The van der Waals surface area contributed by atoms with Gasteiger partial charge in [0.2, 0.25) is 0 Å². The number of rotatable bonds is 4. The highest BCUT2D eigenvalue weighted by Gasteiger charge is 2.29. The van der Waals surface area contributed by atoms with Crippen molar-refractivity contribution < 1.29 is 9.18 Å². The molecule has 1 aliphatic rings. The molecular weight excluding hydrogens is 345 g/mol. The standard InChI is InChI=1S/C20H20FN5O/c1-11-7-12(5-6-16(11)21)15-8-23-9-17(15)26-20-14-4-2-3-13(19(22)27)18(14)24-10-25-20/h2-7,10,15,17,23H,8-9H2,1H3,(H2,22,27)(H,24,25,26)/t15-,17+/m0/s1. The SMILES string of the molecule is Cc1cc([C@@H]2CNC[C@H]2Nc2ncnc3c(C(N)=O)cccc23)ccc1F. The summed E-state index contributed by atoms with van der Waals surface area (Å²) in [5.74, 6) is 0.108. The zero-order chi connectivity index (χ0) is 19.0. The van der Waals surface area contributed by atoms with Gasteiger partial charge in [0, 0.05) is 30.4 Å². The number of nitrogens with zero attached hydrogens (tertiary/aromatic N) is 2. The molecule has 6 nitrogen and oxygen atoms in total. The Hall–Kier alpha value is -3.06. The zero-order valence-electron chi connectivity index (χ0n) is 14.9. The second-order valence-corrected chi connectivity index (χ2v) is 6.81. The van der Waals surface area contributed by atoms with Crippen molar-refractivity contribution in [3.05, 3.63) is 65.2 Å². The van der Waals surface area contributed by atoms with Crippen LogP contribution in [0.25, 0.3) is 10.9 Å². The largest absolute Gasteiger partial charge is 0.366 e. The molecule has 0 spiro atoms. The summed E-state index contributed by atoms with van der Waals surface area (Å²) in [5.41, 5.74) is 8.07. The molecule has 3 aromatic rings. The second kappa shape index (κ2) is 6.92. The number of primary amides is 1. The Morgan fingerprint density at radius 2 is 2.11 bits per heavy atom.